The van der Waals surface area contributed by atoms with Crippen LogP contribution in [0.15, 0.2) is 18.2 Å². The van der Waals surface area contributed by atoms with E-state index in [-0.39, 0.29) is 12.0 Å². The Kier molecular flexibility index (Phi) is 6.56. The number of benzene rings is 1. The maximum atomic E-state index is 14.4. The molecule has 190 valence electrons. The SMILES string of the molecule is Cc1cc(F)cc([C@H]2[C@@H](N3CCOCC3)CCN2C(=O)Cn2nc(C3CC3)cc2C(F)(F)F)c1Cl. The number of nitrogens with zero attached hydrogens (tertiary/aromatic N) is 4. The fourth-order valence-corrected chi connectivity index (χ4v) is 5.49. The highest BCUT2D eigenvalue weighted by Gasteiger charge is 2.44. The Morgan fingerprint density at radius 2 is 1.86 bits per heavy atom. The summed E-state index contributed by atoms with van der Waals surface area (Å²) < 4.78 is 61.8. The molecule has 3 fully saturated rings. The first-order chi connectivity index (χ1) is 16.6. The standard InChI is InChI=1S/C24H27ClF4N4O2/c1-14-10-16(26)11-17(22(14)25)23-19(31-6-8-35-9-7-31)4-5-32(23)21(34)13-33-20(24(27,28)29)12-18(30-33)15-2-3-15/h10-12,15,19,23H,2-9,13H2,1H3/t19-,23-/m0/s1. The Balaban J connectivity index is 1.48. The second-order valence-electron chi connectivity index (χ2n) is 9.55. The number of likely N-dealkylation sites (tertiary alicyclic amines) is 1. The number of rotatable bonds is 5. The molecule has 3 heterocycles. The van der Waals surface area contributed by atoms with Crippen molar-refractivity contribution in [1.29, 1.82) is 0 Å². The van der Waals surface area contributed by atoms with Crippen LogP contribution >= 0.6 is 11.6 Å². The van der Waals surface area contributed by atoms with E-state index in [1.165, 1.54) is 12.1 Å². The van der Waals surface area contributed by atoms with Gasteiger partial charge in [0.2, 0.25) is 5.91 Å². The molecule has 11 heteroatoms. The molecule has 0 spiro atoms. The van der Waals surface area contributed by atoms with E-state index in [4.69, 9.17) is 16.3 Å². The van der Waals surface area contributed by atoms with Crippen LogP contribution in [0, 0.1) is 12.7 Å². The first kappa shape index (κ1) is 24.5. The van der Waals surface area contributed by atoms with Gasteiger partial charge in [-0.25, -0.2) is 4.39 Å². The summed E-state index contributed by atoms with van der Waals surface area (Å²) in [5.41, 5.74) is 0.467. The lowest BCUT2D eigenvalue weighted by molar-refractivity contribution is -0.146. The topological polar surface area (TPSA) is 50.6 Å². The summed E-state index contributed by atoms with van der Waals surface area (Å²) >= 11 is 6.60. The fraction of sp³-hybridized carbons (Fsp3) is 0.583. The van der Waals surface area contributed by atoms with Crippen LogP contribution in [0.5, 0.6) is 0 Å². The van der Waals surface area contributed by atoms with Gasteiger partial charge in [-0.05, 0) is 55.5 Å². The van der Waals surface area contributed by atoms with E-state index >= 15 is 0 Å². The largest absolute Gasteiger partial charge is 0.433 e. The summed E-state index contributed by atoms with van der Waals surface area (Å²) in [6.07, 6.45) is -2.42. The Bertz CT molecular complexity index is 1110. The first-order valence-electron chi connectivity index (χ1n) is 11.8. The lowest BCUT2D eigenvalue weighted by Crippen LogP contribution is -2.47. The van der Waals surface area contributed by atoms with Crippen molar-refractivity contribution in [2.24, 2.45) is 0 Å². The number of hydrogen-bond acceptors (Lipinski definition) is 4. The number of ether oxygens (including phenoxy) is 1. The molecule has 1 amide bonds. The highest BCUT2D eigenvalue weighted by Crippen LogP contribution is 2.43. The van der Waals surface area contributed by atoms with Crippen LogP contribution in [0.1, 0.15) is 53.7 Å². The second kappa shape index (κ2) is 9.37. The normalized spacial score (nSPS) is 23.8. The molecule has 0 radical (unpaired) electrons. The molecule has 5 rings (SSSR count). The van der Waals surface area contributed by atoms with Gasteiger partial charge in [0.15, 0.2) is 0 Å². The number of carbonyl (C=O) groups excluding carboxylic acids is 1. The lowest BCUT2D eigenvalue weighted by atomic mass is 9.96. The van der Waals surface area contributed by atoms with Gasteiger partial charge in [0.05, 0.1) is 24.9 Å². The van der Waals surface area contributed by atoms with Crippen LogP contribution in [0.25, 0.3) is 0 Å². The molecule has 1 saturated carbocycles. The summed E-state index contributed by atoms with van der Waals surface area (Å²) in [5.74, 6) is -0.950. The van der Waals surface area contributed by atoms with E-state index in [0.29, 0.717) is 61.1 Å². The molecule has 2 atom stereocenters. The van der Waals surface area contributed by atoms with Crippen molar-refractivity contribution in [1.82, 2.24) is 19.6 Å². The molecule has 0 bridgehead atoms. The van der Waals surface area contributed by atoms with Crippen molar-refractivity contribution in [3.05, 3.63) is 51.6 Å². The third kappa shape index (κ3) is 4.93. The Hall–Kier alpha value is -2.17. The lowest BCUT2D eigenvalue weighted by Gasteiger charge is -2.38. The molecule has 1 aromatic carbocycles. The van der Waals surface area contributed by atoms with E-state index in [0.717, 1.165) is 23.6 Å². The number of aromatic nitrogens is 2. The first-order valence-corrected chi connectivity index (χ1v) is 12.2. The number of aryl methyl sites for hydroxylation is 1. The molecule has 0 N–H and O–H groups in total. The third-order valence-electron chi connectivity index (χ3n) is 7.14. The van der Waals surface area contributed by atoms with Crippen molar-refractivity contribution in [2.45, 2.75) is 56.9 Å². The molecule has 1 aromatic heterocycles. The van der Waals surface area contributed by atoms with Crippen LogP contribution in [0.2, 0.25) is 5.02 Å². The maximum Gasteiger partial charge on any atom is 0.433 e. The summed E-state index contributed by atoms with van der Waals surface area (Å²) in [6, 6.07) is 2.98. The van der Waals surface area contributed by atoms with Crippen LogP contribution in [-0.4, -0.2) is 64.4 Å². The van der Waals surface area contributed by atoms with E-state index < -0.39 is 36.2 Å². The zero-order chi connectivity index (χ0) is 24.9. The van der Waals surface area contributed by atoms with Crippen molar-refractivity contribution in [3.63, 3.8) is 0 Å². The summed E-state index contributed by atoms with van der Waals surface area (Å²) in [6.45, 7) is 3.86. The van der Waals surface area contributed by atoms with E-state index in [2.05, 4.69) is 10.00 Å². The Labute approximate surface area is 205 Å². The molecule has 2 aliphatic heterocycles. The fourth-order valence-electron chi connectivity index (χ4n) is 5.27. The molecular formula is C24H27ClF4N4O2. The van der Waals surface area contributed by atoms with Gasteiger partial charge in [0.25, 0.3) is 0 Å². The number of alkyl halides is 3. The number of carbonyl (C=O) groups is 1. The van der Waals surface area contributed by atoms with Gasteiger partial charge < -0.3 is 9.64 Å². The average molecular weight is 515 g/mol. The predicted octanol–water partition coefficient (Wildman–Crippen LogP) is 4.55. The number of hydrogen-bond donors (Lipinski definition) is 0. The predicted molar refractivity (Wildman–Crippen MR) is 121 cm³/mol. The summed E-state index contributed by atoms with van der Waals surface area (Å²) in [7, 11) is 0. The van der Waals surface area contributed by atoms with E-state index in [1.54, 1.807) is 11.8 Å². The molecule has 1 aliphatic carbocycles. The smallest absolute Gasteiger partial charge is 0.379 e. The van der Waals surface area contributed by atoms with Gasteiger partial charge in [-0.2, -0.15) is 18.3 Å². The molecule has 2 aromatic rings. The van der Waals surface area contributed by atoms with E-state index in [9.17, 15) is 22.4 Å². The minimum absolute atomic E-state index is 0.0202. The highest BCUT2D eigenvalue weighted by atomic mass is 35.5. The Morgan fingerprint density at radius 3 is 2.51 bits per heavy atom. The minimum atomic E-state index is -4.62. The van der Waals surface area contributed by atoms with Crippen molar-refractivity contribution in [2.75, 3.05) is 32.8 Å². The molecule has 3 aliphatic rings. The maximum absolute atomic E-state index is 14.4. The summed E-state index contributed by atoms with van der Waals surface area (Å²) in [5, 5.41) is 4.50. The van der Waals surface area contributed by atoms with Crippen molar-refractivity contribution >= 4 is 17.5 Å². The number of halogens is 5. The Morgan fingerprint density at radius 1 is 1.14 bits per heavy atom. The van der Waals surface area contributed by atoms with E-state index in [1.807, 2.05) is 0 Å². The van der Waals surface area contributed by atoms with Gasteiger partial charge in [-0.3, -0.25) is 14.4 Å². The number of morpholine rings is 1. The van der Waals surface area contributed by atoms with Crippen molar-refractivity contribution < 1.29 is 27.1 Å². The molecular weight excluding hydrogens is 488 g/mol. The zero-order valence-corrected chi connectivity index (χ0v) is 20.1. The van der Waals surface area contributed by atoms with Gasteiger partial charge in [0, 0.05) is 36.6 Å². The van der Waals surface area contributed by atoms with Gasteiger partial charge >= 0.3 is 6.18 Å². The van der Waals surface area contributed by atoms with Crippen LogP contribution in [0.3, 0.4) is 0 Å². The van der Waals surface area contributed by atoms with Gasteiger partial charge in [-0.15, -0.1) is 0 Å². The third-order valence-corrected chi connectivity index (χ3v) is 7.65. The monoisotopic (exact) mass is 514 g/mol. The zero-order valence-electron chi connectivity index (χ0n) is 19.3. The highest BCUT2D eigenvalue weighted by molar-refractivity contribution is 6.32. The van der Waals surface area contributed by atoms with Crippen molar-refractivity contribution in [3.8, 4) is 0 Å². The summed E-state index contributed by atoms with van der Waals surface area (Å²) in [4.78, 5) is 17.2. The molecule has 6 nitrogen and oxygen atoms in total. The van der Waals surface area contributed by atoms with Crippen LogP contribution < -0.4 is 0 Å². The average Bonchev–Trinajstić information content (AvgIpc) is 3.41. The second-order valence-corrected chi connectivity index (χ2v) is 9.92. The minimum Gasteiger partial charge on any atom is -0.379 e. The quantitative estimate of drug-likeness (QED) is 0.549. The molecule has 35 heavy (non-hydrogen) atoms. The van der Waals surface area contributed by atoms with Gasteiger partial charge in [0.1, 0.15) is 18.1 Å². The van der Waals surface area contributed by atoms with Crippen LogP contribution in [-0.2, 0) is 22.3 Å². The molecule has 2 saturated heterocycles. The molecule has 0 unspecified atom stereocenters. The van der Waals surface area contributed by atoms with Crippen LogP contribution in [0.4, 0.5) is 17.6 Å². The van der Waals surface area contributed by atoms with Gasteiger partial charge in [-0.1, -0.05) is 11.6 Å². The number of amides is 1.